The van der Waals surface area contributed by atoms with Gasteiger partial charge in [-0.05, 0) is 10.8 Å². The predicted molar refractivity (Wildman–Crippen MR) is 65.4 cm³/mol. The van der Waals surface area contributed by atoms with Crippen molar-refractivity contribution in [1.82, 2.24) is 10.2 Å². The molecule has 0 unspecified atom stereocenters. The van der Waals surface area contributed by atoms with E-state index in [0.717, 1.165) is 0 Å². The summed E-state index contributed by atoms with van der Waals surface area (Å²) in [5.74, 6) is 0. The summed E-state index contributed by atoms with van der Waals surface area (Å²) in [7, 11) is 0. The third-order valence-corrected chi connectivity index (χ3v) is 2.17. The van der Waals surface area contributed by atoms with Crippen LogP contribution in [0, 0.1) is 0 Å². The minimum absolute atomic E-state index is 0.0880. The van der Waals surface area contributed by atoms with Crippen LogP contribution >= 0.6 is 0 Å². The third kappa shape index (κ3) is 2.60. The lowest BCUT2D eigenvalue weighted by atomic mass is 10.1. The second-order valence-electron chi connectivity index (χ2n) is 3.31. The van der Waals surface area contributed by atoms with E-state index in [9.17, 15) is 4.79 Å². The Balaban J connectivity index is 0.000000138. The largest absolute Gasteiger partial charge is 0.305 e. The molecule has 1 heterocycles. The maximum atomic E-state index is 9.98. The summed E-state index contributed by atoms with van der Waals surface area (Å²) < 4.78 is 0. The van der Waals surface area contributed by atoms with E-state index >= 15 is 0 Å². The highest BCUT2D eigenvalue weighted by atomic mass is 16.1. The van der Waals surface area contributed by atoms with E-state index in [2.05, 4.69) is 58.7 Å². The highest BCUT2D eigenvalue weighted by Crippen LogP contribution is 2.11. The van der Waals surface area contributed by atoms with E-state index in [1.807, 2.05) is 0 Å². The van der Waals surface area contributed by atoms with Gasteiger partial charge >= 0.3 is 0 Å². The van der Waals surface area contributed by atoms with Crippen molar-refractivity contribution in [1.29, 1.82) is 0 Å². The lowest BCUT2D eigenvalue weighted by Gasteiger charge is -1.92. The molecule has 0 saturated carbocycles. The van der Waals surface area contributed by atoms with Crippen LogP contribution in [0.3, 0.4) is 0 Å². The second kappa shape index (κ2) is 4.98. The van der Waals surface area contributed by atoms with Gasteiger partial charge in [-0.25, -0.2) is 0 Å². The van der Waals surface area contributed by atoms with Crippen molar-refractivity contribution in [3.63, 3.8) is 0 Å². The van der Waals surface area contributed by atoms with Gasteiger partial charge in [0.2, 0.25) is 0 Å². The van der Waals surface area contributed by atoms with Crippen LogP contribution in [0.2, 0.25) is 0 Å². The number of fused-ring (bicyclic) bond motifs is 1. The quantitative estimate of drug-likeness (QED) is 0.591. The van der Waals surface area contributed by atoms with E-state index in [4.69, 9.17) is 0 Å². The molecule has 1 aromatic heterocycles. The van der Waals surface area contributed by atoms with Gasteiger partial charge in [0.05, 0.1) is 0 Å². The third-order valence-electron chi connectivity index (χ3n) is 2.17. The Morgan fingerprint density at radius 1 is 0.750 bits per heavy atom. The average Bonchev–Trinajstić information content (AvgIpc) is 2.81. The lowest BCUT2D eigenvalue weighted by Crippen LogP contribution is -1.93. The summed E-state index contributed by atoms with van der Waals surface area (Å²) in [6.07, 6.45) is 1.54. The number of H-pyrrole nitrogens is 2. The van der Waals surface area contributed by atoms with Crippen LogP contribution in [0.4, 0.5) is 0 Å². The molecule has 3 rings (SSSR count). The summed E-state index contributed by atoms with van der Waals surface area (Å²) in [6.45, 7) is 0. The van der Waals surface area contributed by atoms with Crippen molar-refractivity contribution in [3.8, 4) is 0 Å². The van der Waals surface area contributed by atoms with Gasteiger partial charge in [0.15, 0.2) is 0 Å². The number of aromatic amines is 2. The van der Waals surface area contributed by atoms with E-state index in [1.165, 1.54) is 16.8 Å². The Bertz CT molecular complexity index is 528. The van der Waals surface area contributed by atoms with Gasteiger partial charge in [-0.1, -0.05) is 48.5 Å². The first kappa shape index (κ1) is 10.2. The average molecular weight is 212 g/mol. The summed E-state index contributed by atoms with van der Waals surface area (Å²) in [5.41, 5.74) is -0.0880. The molecular weight excluding hydrogens is 200 g/mol. The second-order valence-corrected chi connectivity index (χ2v) is 3.31. The highest BCUT2D eigenvalue weighted by Gasteiger charge is 1.85. The Morgan fingerprint density at radius 2 is 1.25 bits per heavy atom. The first-order chi connectivity index (χ1) is 7.86. The summed E-state index contributed by atoms with van der Waals surface area (Å²) in [5, 5.41) is 7.43. The van der Waals surface area contributed by atoms with Gasteiger partial charge in [0.25, 0.3) is 5.56 Å². The number of aromatic nitrogens is 2. The molecule has 0 aliphatic rings. The molecule has 0 saturated heterocycles. The molecule has 0 radical (unpaired) electrons. The van der Waals surface area contributed by atoms with Crippen LogP contribution in [0.1, 0.15) is 0 Å². The molecule has 3 nitrogen and oxygen atoms in total. The van der Waals surface area contributed by atoms with E-state index < -0.39 is 0 Å². The summed E-state index contributed by atoms with van der Waals surface area (Å²) in [6, 6.07) is 18.1. The van der Waals surface area contributed by atoms with Crippen LogP contribution in [0.25, 0.3) is 10.8 Å². The molecule has 0 atom stereocenters. The van der Waals surface area contributed by atoms with Gasteiger partial charge in [-0.3, -0.25) is 9.89 Å². The van der Waals surface area contributed by atoms with Crippen molar-refractivity contribution in [3.05, 3.63) is 71.1 Å². The van der Waals surface area contributed by atoms with E-state index in [0.29, 0.717) is 0 Å². The van der Waals surface area contributed by atoms with Gasteiger partial charge in [-0.2, -0.15) is 0 Å². The van der Waals surface area contributed by atoms with Crippen LogP contribution < -0.4 is 5.56 Å². The minimum atomic E-state index is -0.0880. The topological polar surface area (TPSA) is 48.6 Å². The Kier molecular flexibility index (Phi) is 3.18. The first-order valence-corrected chi connectivity index (χ1v) is 5.02. The Labute approximate surface area is 92.7 Å². The molecule has 80 valence electrons. The van der Waals surface area contributed by atoms with Crippen LogP contribution in [-0.2, 0) is 0 Å². The van der Waals surface area contributed by atoms with Crippen molar-refractivity contribution in [2.75, 3.05) is 0 Å². The predicted octanol–water partition coefficient (Wildman–Crippen LogP) is 2.54. The smallest absolute Gasteiger partial charge is 0.263 e. The van der Waals surface area contributed by atoms with Crippen molar-refractivity contribution in [2.45, 2.75) is 0 Å². The zero-order valence-electron chi connectivity index (χ0n) is 8.68. The van der Waals surface area contributed by atoms with Crippen LogP contribution in [0.5, 0.6) is 0 Å². The number of nitrogens with one attached hydrogen (secondary N) is 2. The van der Waals surface area contributed by atoms with E-state index in [1.54, 1.807) is 6.20 Å². The Morgan fingerprint density at radius 3 is 1.50 bits per heavy atom. The van der Waals surface area contributed by atoms with Crippen LogP contribution in [-0.4, -0.2) is 10.2 Å². The SMILES string of the molecule is O=c1cc[nH][nH]1.c1ccc2ccccc2c1. The normalized spacial score (nSPS) is 9.50. The monoisotopic (exact) mass is 212 g/mol. The Hall–Kier alpha value is -2.29. The molecule has 3 heteroatoms. The molecule has 16 heavy (non-hydrogen) atoms. The number of benzene rings is 2. The zero-order chi connectivity index (χ0) is 11.2. The van der Waals surface area contributed by atoms with Crippen molar-refractivity contribution in [2.24, 2.45) is 0 Å². The molecule has 0 spiro atoms. The fourth-order valence-electron chi connectivity index (χ4n) is 1.40. The highest BCUT2D eigenvalue weighted by molar-refractivity contribution is 5.81. The molecule has 0 fully saturated rings. The maximum absolute atomic E-state index is 9.98. The molecular formula is C13H12N2O. The standard InChI is InChI=1S/C10H8.C3H4N2O/c1-2-6-10-8-4-3-7-9(10)5-1;6-3-1-2-4-5-3/h1-8H;1-2H,(H2,4,5,6). The van der Waals surface area contributed by atoms with Crippen molar-refractivity contribution < 1.29 is 0 Å². The maximum Gasteiger partial charge on any atom is 0.263 e. The van der Waals surface area contributed by atoms with Gasteiger partial charge in [0, 0.05) is 12.3 Å². The number of rotatable bonds is 0. The minimum Gasteiger partial charge on any atom is -0.305 e. The summed E-state index contributed by atoms with van der Waals surface area (Å²) >= 11 is 0. The molecule has 2 aromatic carbocycles. The fraction of sp³-hybridized carbons (Fsp3) is 0. The van der Waals surface area contributed by atoms with Crippen LogP contribution in [0.15, 0.2) is 65.6 Å². The number of hydrogen-bond donors (Lipinski definition) is 2. The molecule has 0 amide bonds. The fourth-order valence-corrected chi connectivity index (χ4v) is 1.40. The van der Waals surface area contributed by atoms with E-state index in [-0.39, 0.29) is 5.56 Å². The zero-order valence-corrected chi connectivity index (χ0v) is 8.68. The molecule has 0 bridgehead atoms. The van der Waals surface area contributed by atoms with Gasteiger partial charge in [0.1, 0.15) is 0 Å². The first-order valence-electron chi connectivity index (χ1n) is 5.02. The van der Waals surface area contributed by atoms with Crippen molar-refractivity contribution >= 4 is 10.8 Å². The molecule has 0 aliphatic carbocycles. The van der Waals surface area contributed by atoms with Gasteiger partial charge in [-0.15, -0.1) is 0 Å². The van der Waals surface area contributed by atoms with Gasteiger partial charge < -0.3 is 5.10 Å². The molecule has 2 N–H and O–H groups in total. The number of hydrogen-bond acceptors (Lipinski definition) is 1. The molecule has 3 aromatic rings. The summed E-state index contributed by atoms with van der Waals surface area (Å²) in [4.78, 5) is 9.98. The lowest BCUT2D eigenvalue weighted by molar-refractivity contribution is 1.06. The molecule has 0 aliphatic heterocycles.